The molecule has 0 aliphatic heterocycles. The van der Waals surface area contributed by atoms with E-state index in [9.17, 15) is 9.59 Å². The summed E-state index contributed by atoms with van der Waals surface area (Å²) in [5.41, 5.74) is 9.59. The lowest BCUT2D eigenvalue weighted by Crippen LogP contribution is -2.38. The molecule has 3 rings (SSSR count). The summed E-state index contributed by atoms with van der Waals surface area (Å²) in [5, 5.41) is 7.29. The quantitative estimate of drug-likeness (QED) is 0.705. The maximum atomic E-state index is 12.6. The highest BCUT2D eigenvalue weighted by atomic mass is 16.2. The predicted molar refractivity (Wildman–Crippen MR) is 103 cm³/mol. The van der Waals surface area contributed by atoms with E-state index in [1.165, 1.54) is 0 Å². The molecule has 0 fully saturated rings. The molecule has 1 unspecified atom stereocenters. The number of aromatic nitrogens is 2. The number of aryl methyl sites for hydroxylation is 1. The lowest BCUT2D eigenvalue weighted by atomic mass is 10.1. The predicted octanol–water partition coefficient (Wildman–Crippen LogP) is 2.37. The van der Waals surface area contributed by atoms with E-state index in [4.69, 9.17) is 5.73 Å². The van der Waals surface area contributed by atoms with Crippen LogP contribution in [-0.4, -0.2) is 21.6 Å². The van der Waals surface area contributed by atoms with Crippen LogP contribution in [0.3, 0.4) is 0 Å². The lowest BCUT2D eigenvalue weighted by molar-refractivity contribution is -0.127. The molecular formula is C21H22N4O2. The van der Waals surface area contributed by atoms with Crippen molar-refractivity contribution in [3.8, 4) is 5.69 Å². The van der Waals surface area contributed by atoms with E-state index in [0.717, 1.165) is 22.6 Å². The van der Waals surface area contributed by atoms with Gasteiger partial charge >= 0.3 is 0 Å². The zero-order chi connectivity index (χ0) is 19.4. The summed E-state index contributed by atoms with van der Waals surface area (Å²) in [6.45, 7) is 3.80. The third-order valence-electron chi connectivity index (χ3n) is 4.50. The largest absolute Gasteiger partial charge is 0.368 e. The molecule has 138 valence electrons. The third kappa shape index (κ3) is 4.06. The van der Waals surface area contributed by atoms with Gasteiger partial charge in [-0.3, -0.25) is 9.59 Å². The number of benzene rings is 2. The zero-order valence-corrected chi connectivity index (χ0v) is 15.3. The van der Waals surface area contributed by atoms with Crippen LogP contribution in [0.2, 0.25) is 0 Å². The Bertz CT molecular complexity index is 949. The van der Waals surface area contributed by atoms with Gasteiger partial charge in [-0.1, -0.05) is 48.5 Å². The number of hydrogen-bond donors (Lipinski definition) is 2. The molecule has 6 nitrogen and oxygen atoms in total. The van der Waals surface area contributed by atoms with Gasteiger partial charge in [-0.2, -0.15) is 5.10 Å². The standard InChI is InChI=1S/C21H22N4O2/c1-14-18(15(2)25(24-14)17-11-7-4-8-12-17)13-19(26)23-20(21(22)27)16-9-5-3-6-10-16/h3-12,20H,13H2,1-2H3,(H2,22,27)(H,23,26). The van der Waals surface area contributed by atoms with Crippen LogP contribution in [0, 0.1) is 13.8 Å². The average molecular weight is 362 g/mol. The van der Waals surface area contributed by atoms with Crippen molar-refractivity contribution in [1.82, 2.24) is 15.1 Å². The molecule has 0 aliphatic rings. The van der Waals surface area contributed by atoms with E-state index >= 15 is 0 Å². The molecule has 0 radical (unpaired) electrons. The second-order valence-electron chi connectivity index (χ2n) is 6.39. The van der Waals surface area contributed by atoms with Crippen molar-refractivity contribution in [3.05, 3.63) is 83.2 Å². The van der Waals surface area contributed by atoms with Crippen LogP contribution in [0.25, 0.3) is 5.69 Å². The Hall–Kier alpha value is -3.41. The van der Waals surface area contributed by atoms with Crippen LogP contribution in [-0.2, 0) is 16.0 Å². The van der Waals surface area contributed by atoms with E-state index in [1.807, 2.05) is 54.9 Å². The highest BCUT2D eigenvalue weighted by molar-refractivity contribution is 5.88. The summed E-state index contributed by atoms with van der Waals surface area (Å²) in [5.74, 6) is -0.871. The molecule has 0 saturated heterocycles. The SMILES string of the molecule is Cc1nn(-c2ccccc2)c(C)c1CC(=O)NC(C(N)=O)c1ccccc1. The van der Waals surface area contributed by atoms with Gasteiger partial charge in [0, 0.05) is 11.3 Å². The number of nitrogens with zero attached hydrogens (tertiary/aromatic N) is 2. The van der Waals surface area contributed by atoms with Gasteiger partial charge in [0.25, 0.3) is 0 Å². The summed E-state index contributed by atoms with van der Waals surface area (Å²) in [4.78, 5) is 24.4. The molecule has 1 aromatic heterocycles. The van der Waals surface area contributed by atoms with Gasteiger partial charge < -0.3 is 11.1 Å². The normalized spacial score (nSPS) is 11.8. The van der Waals surface area contributed by atoms with Crippen molar-refractivity contribution in [1.29, 1.82) is 0 Å². The first-order valence-corrected chi connectivity index (χ1v) is 8.71. The van der Waals surface area contributed by atoms with Gasteiger partial charge in [-0.15, -0.1) is 0 Å². The van der Waals surface area contributed by atoms with E-state index in [-0.39, 0.29) is 12.3 Å². The van der Waals surface area contributed by atoms with Crippen LogP contribution in [0.4, 0.5) is 0 Å². The van der Waals surface area contributed by atoms with Gasteiger partial charge in [0.1, 0.15) is 6.04 Å². The number of amides is 2. The summed E-state index contributed by atoms with van der Waals surface area (Å²) in [6.07, 6.45) is 0.126. The smallest absolute Gasteiger partial charge is 0.244 e. The molecule has 27 heavy (non-hydrogen) atoms. The number of para-hydroxylation sites is 1. The van der Waals surface area contributed by atoms with Crippen molar-refractivity contribution < 1.29 is 9.59 Å². The molecule has 3 N–H and O–H groups in total. The first-order valence-electron chi connectivity index (χ1n) is 8.71. The van der Waals surface area contributed by atoms with E-state index in [0.29, 0.717) is 5.56 Å². The lowest BCUT2D eigenvalue weighted by Gasteiger charge is -2.16. The van der Waals surface area contributed by atoms with Crippen LogP contribution in [0.15, 0.2) is 60.7 Å². The highest BCUT2D eigenvalue weighted by Crippen LogP contribution is 2.19. The minimum Gasteiger partial charge on any atom is -0.368 e. The van der Waals surface area contributed by atoms with Gasteiger partial charge in [0.15, 0.2) is 0 Å². The maximum Gasteiger partial charge on any atom is 0.244 e. The Morgan fingerprint density at radius 1 is 1.04 bits per heavy atom. The Labute approximate surface area is 158 Å². The first kappa shape index (κ1) is 18.4. The molecule has 6 heteroatoms. The van der Waals surface area contributed by atoms with E-state index in [2.05, 4.69) is 10.4 Å². The van der Waals surface area contributed by atoms with Crippen LogP contribution >= 0.6 is 0 Å². The minimum absolute atomic E-state index is 0.126. The summed E-state index contributed by atoms with van der Waals surface area (Å²) < 4.78 is 1.82. The molecule has 0 bridgehead atoms. The fourth-order valence-corrected chi connectivity index (χ4v) is 3.09. The van der Waals surface area contributed by atoms with Gasteiger partial charge in [-0.25, -0.2) is 4.68 Å². The average Bonchev–Trinajstić information content (AvgIpc) is 2.95. The minimum atomic E-state index is -0.858. The maximum absolute atomic E-state index is 12.6. The van der Waals surface area contributed by atoms with Gasteiger partial charge in [-0.05, 0) is 31.5 Å². The van der Waals surface area contributed by atoms with Crippen molar-refractivity contribution in [2.45, 2.75) is 26.3 Å². The van der Waals surface area contributed by atoms with Crippen molar-refractivity contribution in [3.63, 3.8) is 0 Å². The first-order chi connectivity index (χ1) is 13.0. The van der Waals surface area contributed by atoms with Crippen LogP contribution in [0.5, 0.6) is 0 Å². The summed E-state index contributed by atoms with van der Waals surface area (Å²) in [7, 11) is 0. The van der Waals surface area contributed by atoms with Crippen molar-refractivity contribution >= 4 is 11.8 Å². The molecule has 2 amide bonds. The fourth-order valence-electron chi connectivity index (χ4n) is 3.09. The second kappa shape index (κ2) is 7.86. The van der Waals surface area contributed by atoms with Gasteiger partial charge in [0.05, 0.1) is 17.8 Å². The number of nitrogens with one attached hydrogen (secondary N) is 1. The Morgan fingerprint density at radius 2 is 1.63 bits per heavy atom. The Balaban J connectivity index is 1.80. The van der Waals surface area contributed by atoms with Crippen molar-refractivity contribution in [2.24, 2.45) is 5.73 Å². The topological polar surface area (TPSA) is 90.0 Å². The molecule has 0 spiro atoms. The molecule has 2 aromatic carbocycles. The number of carbonyl (C=O) groups excluding carboxylic acids is 2. The van der Waals surface area contributed by atoms with Crippen LogP contribution < -0.4 is 11.1 Å². The zero-order valence-electron chi connectivity index (χ0n) is 15.3. The molecule has 0 saturated carbocycles. The fraction of sp³-hybridized carbons (Fsp3) is 0.190. The number of rotatable bonds is 6. The molecule has 1 atom stereocenters. The second-order valence-corrected chi connectivity index (χ2v) is 6.39. The highest BCUT2D eigenvalue weighted by Gasteiger charge is 2.22. The Kier molecular flexibility index (Phi) is 5.35. The molecule has 0 aliphatic carbocycles. The van der Waals surface area contributed by atoms with E-state index in [1.54, 1.807) is 24.3 Å². The van der Waals surface area contributed by atoms with Gasteiger partial charge in [0.2, 0.25) is 11.8 Å². The van der Waals surface area contributed by atoms with Crippen LogP contribution in [0.1, 0.15) is 28.6 Å². The number of hydrogen-bond acceptors (Lipinski definition) is 3. The summed E-state index contributed by atoms with van der Waals surface area (Å²) >= 11 is 0. The Morgan fingerprint density at radius 3 is 2.22 bits per heavy atom. The number of carbonyl (C=O) groups is 2. The molecule has 1 heterocycles. The third-order valence-corrected chi connectivity index (χ3v) is 4.50. The molecular weight excluding hydrogens is 340 g/mol. The molecule has 3 aromatic rings. The number of nitrogens with two attached hydrogens (primary N) is 1. The number of primary amides is 1. The van der Waals surface area contributed by atoms with E-state index < -0.39 is 11.9 Å². The monoisotopic (exact) mass is 362 g/mol. The van der Waals surface area contributed by atoms with Crippen molar-refractivity contribution in [2.75, 3.05) is 0 Å². The summed E-state index contributed by atoms with van der Waals surface area (Å²) in [6, 6.07) is 17.9.